The number of fused-ring (bicyclic) bond motifs is 1. The highest BCUT2D eigenvalue weighted by Crippen LogP contribution is 2.37. The third-order valence-electron chi connectivity index (χ3n) is 3.35. The normalized spacial score (nSPS) is 15.8. The molecule has 1 unspecified atom stereocenters. The number of esters is 1. The molecule has 2 aromatic rings. The van der Waals surface area contributed by atoms with E-state index in [4.69, 9.17) is 18.9 Å². The largest absolute Gasteiger partial charge is 0.481 e. The number of benzene rings is 1. The minimum Gasteiger partial charge on any atom is -0.481 e. The SMILES string of the molecule is CCOc1cc(OC)nc(Oc2cccc3c2C(=O)OC3C)n1. The van der Waals surface area contributed by atoms with Gasteiger partial charge in [-0.05, 0) is 19.9 Å². The number of carbonyl (C=O) groups excluding carboxylic acids is 1. The number of nitrogens with zero attached hydrogens (tertiary/aromatic N) is 2. The van der Waals surface area contributed by atoms with Crippen molar-refractivity contribution in [1.82, 2.24) is 9.97 Å². The van der Waals surface area contributed by atoms with Gasteiger partial charge < -0.3 is 18.9 Å². The summed E-state index contributed by atoms with van der Waals surface area (Å²) in [6.45, 7) is 4.10. The first-order chi connectivity index (χ1) is 11.1. The Morgan fingerprint density at radius 1 is 1.26 bits per heavy atom. The summed E-state index contributed by atoms with van der Waals surface area (Å²) in [7, 11) is 1.49. The smallest absolute Gasteiger partial charge is 0.342 e. The zero-order valence-electron chi connectivity index (χ0n) is 13.0. The third kappa shape index (κ3) is 2.90. The van der Waals surface area contributed by atoms with Crippen molar-refractivity contribution in [3.05, 3.63) is 35.4 Å². The van der Waals surface area contributed by atoms with Gasteiger partial charge in [0, 0.05) is 5.56 Å². The number of cyclic esters (lactones) is 1. The van der Waals surface area contributed by atoms with Crippen LogP contribution in [0.5, 0.6) is 23.5 Å². The van der Waals surface area contributed by atoms with Gasteiger partial charge in [0.1, 0.15) is 17.4 Å². The van der Waals surface area contributed by atoms with Crippen molar-refractivity contribution in [2.75, 3.05) is 13.7 Å². The molecular formula is C16H16N2O5. The molecule has 0 amide bonds. The van der Waals surface area contributed by atoms with Crippen molar-refractivity contribution in [1.29, 1.82) is 0 Å². The summed E-state index contributed by atoms with van der Waals surface area (Å²) in [6.07, 6.45) is -0.300. The number of aromatic nitrogens is 2. The molecule has 1 aliphatic rings. The lowest BCUT2D eigenvalue weighted by Crippen LogP contribution is -2.02. The number of hydrogen-bond donors (Lipinski definition) is 0. The lowest BCUT2D eigenvalue weighted by molar-refractivity contribution is 0.0420. The predicted molar refractivity (Wildman–Crippen MR) is 80.1 cm³/mol. The zero-order valence-corrected chi connectivity index (χ0v) is 13.0. The van der Waals surface area contributed by atoms with Crippen LogP contribution < -0.4 is 14.2 Å². The van der Waals surface area contributed by atoms with E-state index in [-0.39, 0.29) is 12.1 Å². The molecule has 0 saturated carbocycles. The van der Waals surface area contributed by atoms with Crippen LogP contribution in [0.4, 0.5) is 0 Å². The van der Waals surface area contributed by atoms with Crippen molar-refractivity contribution >= 4 is 5.97 Å². The molecule has 1 aromatic heterocycles. The Morgan fingerprint density at radius 3 is 2.78 bits per heavy atom. The lowest BCUT2D eigenvalue weighted by Gasteiger charge is -2.10. The van der Waals surface area contributed by atoms with Crippen LogP contribution in [0.3, 0.4) is 0 Å². The van der Waals surface area contributed by atoms with Gasteiger partial charge in [-0.25, -0.2) is 4.79 Å². The minimum atomic E-state index is -0.420. The molecule has 0 spiro atoms. The van der Waals surface area contributed by atoms with E-state index in [9.17, 15) is 4.79 Å². The standard InChI is InChI=1S/C16H16N2O5/c1-4-21-13-8-12(20-3)17-16(18-13)23-11-7-5-6-10-9(2)22-15(19)14(10)11/h5-9H,4H2,1-3H3. The van der Waals surface area contributed by atoms with Gasteiger partial charge >= 0.3 is 12.0 Å². The topological polar surface area (TPSA) is 79.8 Å². The molecule has 120 valence electrons. The molecule has 2 heterocycles. The Bertz CT molecular complexity index is 747. The number of rotatable bonds is 5. The number of hydrogen-bond acceptors (Lipinski definition) is 7. The van der Waals surface area contributed by atoms with Gasteiger partial charge in [-0.15, -0.1) is 0 Å². The highest BCUT2D eigenvalue weighted by Gasteiger charge is 2.31. The maximum Gasteiger partial charge on any atom is 0.342 e. The average molecular weight is 316 g/mol. The Morgan fingerprint density at radius 2 is 2.04 bits per heavy atom. The van der Waals surface area contributed by atoms with E-state index in [2.05, 4.69) is 9.97 Å². The Balaban J connectivity index is 1.97. The number of ether oxygens (including phenoxy) is 4. The second-order valence-corrected chi connectivity index (χ2v) is 4.83. The van der Waals surface area contributed by atoms with Gasteiger partial charge in [-0.3, -0.25) is 0 Å². The maximum atomic E-state index is 12.0. The van der Waals surface area contributed by atoms with Crippen LogP contribution in [0.25, 0.3) is 0 Å². The van der Waals surface area contributed by atoms with Crippen LogP contribution >= 0.6 is 0 Å². The van der Waals surface area contributed by atoms with Crippen LogP contribution in [0, 0.1) is 0 Å². The van der Waals surface area contributed by atoms with Gasteiger partial charge in [0.05, 0.1) is 19.8 Å². The van der Waals surface area contributed by atoms with Crippen LogP contribution in [0.15, 0.2) is 24.3 Å². The summed E-state index contributed by atoms with van der Waals surface area (Å²) < 4.78 is 21.4. The summed E-state index contributed by atoms with van der Waals surface area (Å²) in [5.74, 6) is 0.559. The molecule has 23 heavy (non-hydrogen) atoms. The molecule has 3 rings (SSSR count). The van der Waals surface area contributed by atoms with Gasteiger partial charge in [0.15, 0.2) is 0 Å². The fourth-order valence-corrected chi connectivity index (χ4v) is 2.33. The zero-order chi connectivity index (χ0) is 16.4. The van der Waals surface area contributed by atoms with Crippen LogP contribution in [0.1, 0.15) is 35.9 Å². The average Bonchev–Trinajstić information content (AvgIpc) is 2.83. The van der Waals surface area contributed by atoms with E-state index in [1.165, 1.54) is 7.11 Å². The van der Waals surface area contributed by atoms with E-state index < -0.39 is 5.97 Å². The summed E-state index contributed by atoms with van der Waals surface area (Å²) in [4.78, 5) is 20.2. The quantitative estimate of drug-likeness (QED) is 0.785. The van der Waals surface area contributed by atoms with Gasteiger partial charge in [-0.1, -0.05) is 12.1 Å². The first kappa shape index (κ1) is 15.1. The van der Waals surface area contributed by atoms with Crippen molar-refractivity contribution < 1.29 is 23.7 Å². The molecule has 1 aliphatic heterocycles. The van der Waals surface area contributed by atoms with Crippen LogP contribution in [-0.4, -0.2) is 29.7 Å². The second-order valence-electron chi connectivity index (χ2n) is 4.83. The van der Waals surface area contributed by atoms with Gasteiger partial charge in [-0.2, -0.15) is 9.97 Å². The Kier molecular flexibility index (Phi) is 4.01. The molecule has 1 aromatic carbocycles. The molecule has 0 saturated heterocycles. The molecule has 0 radical (unpaired) electrons. The Labute approximate surface area is 133 Å². The number of carbonyl (C=O) groups is 1. The minimum absolute atomic E-state index is 0.0357. The first-order valence-corrected chi connectivity index (χ1v) is 7.20. The van der Waals surface area contributed by atoms with Crippen molar-refractivity contribution in [2.24, 2.45) is 0 Å². The predicted octanol–water partition coefficient (Wildman–Crippen LogP) is 2.91. The van der Waals surface area contributed by atoms with Crippen molar-refractivity contribution in [2.45, 2.75) is 20.0 Å². The second kappa shape index (κ2) is 6.12. The summed E-state index contributed by atoms with van der Waals surface area (Å²) in [5, 5.41) is 0. The van der Waals surface area contributed by atoms with E-state index in [0.717, 1.165) is 5.56 Å². The van der Waals surface area contributed by atoms with Gasteiger partial charge in [0.2, 0.25) is 11.8 Å². The molecule has 0 aliphatic carbocycles. The van der Waals surface area contributed by atoms with Crippen LogP contribution in [0.2, 0.25) is 0 Å². The summed E-state index contributed by atoms with van der Waals surface area (Å²) >= 11 is 0. The van der Waals surface area contributed by atoms with E-state index in [0.29, 0.717) is 29.7 Å². The summed E-state index contributed by atoms with van der Waals surface area (Å²) in [5.41, 5.74) is 1.17. The molecular weight excluding hydrogens is 300 g/mol. The summed E-state index contributed by atoms with van der Waals surface area (Å²) in [6, 6.07) is 6.88. The van der Waals surface area contributed by atoms with E-state index in [1.54, 1.807) is 18.2 Å². The fourth-order valence-electron chi connectivity index (χ4n) is 2.33. The molecule has 7 nitrogen and oxygen atoms in total. The molecule has 7 heteroatoms. The number of methoxy groups -OCH3 is 1. The van der Waals surface area contributed by atoms with E-state index in [1.807, 2.05) is 19.9 Å². The molecule has 1 atom stereocenters. The molecule has 0 fully saturated rings. The lowest BCUT2D eigenvalue weighted by atomic mass is 10.1. The fraction of sp³-hybridized carbons (Fsp3) is 0.312. The van der Waals surface area contributed by atoms with Crippen molar-refractivity contribution in [3.8, 4) is 23.5 Å². The third-order valence-corrected chi connectivity index (χ3v) is 3.35. The Hall–Kier alpha value is -2.83. The van der Waals surface area contributed by atoms with Crippen molar-refractivity contribution in [3.63, 3.8) is 0 Å². The highest BCUT2D eigenvalue weighted by molar-refractivity contribution is 5.97. The molecule has 0 bridgehead atoms. The van der Waals surface area contributed by atoms with Gasteiger partial charge in [0.25, 0.3) is 0 Å². The van der Waals surface area contributed by atoms with Crippen LogP contribution in [-0.2, 0) is 4.74 Å². The molecule has 0 N–H and O–H groups in total. The first-order valence-electron chi connectivity index (χ1n) is 7.20. The monoisotopic (exact) mass is 316 g/mol. The highest BCUT2D eigenvalue weighted by atomic mass is 16.6. The maximum absolute atomic E-state index is 12.0. The van der Waals surface area contributed by atoms with E-state index >= 15 is 0 Å².